The van der Waals surface area contributed by atoms with E-state index in [0.717, 1.165) is 0 Å². The third kappa shape index (κ3) is 6.21. The minimum atomic E-state index is -4.94. The van der Waals surface area contributed by atoms with Gasteiger partial charge in [-0.1, -0.05) is 24.3 Å². The topological polar surface area (TPSA) is 76.7 Å². The van der Waals surface area contributed by atoms with Crippen LogP contribution in [0.3, 0.4) is 0 Å². The number of methoxy groups -OCH3 is 1. The number of alkyl halides is 3. The third-order valence-electron chi connectivity index (χ3n) is 3.35. The van der Waals surface area contributed by atoms with Gasteiger partial charge in [0, 0.05) is 12.2 Å². The van der Waals surface area contributed by atoms with Crippen LogP contribution in [0.15, 0.2) is 48.5 Å². The molecule has 0 spiro atoms. The second-order valence-corrected chi connectivity index (χ2v) is 5.37. The fourth-order valence-electron chi connectivity index (χ4n) is 2.12. The van der Waals surface area contributed by atoms with Gasteiger partial charge in [0.05, 0.1) is 7.11 Å². The van der Waals surface area contributed by atoms with Crippen LogP contribution in [0.1, 0.15) is 5.56 Å². The summed E-state index contributed by atoms with van der Waals surface area (Å²) in [6.45, 7) is -0.602. The van der Waals surface area contributed by atoms with Crippen molar-refractivity contribution in [2.45, 2.75) is 12.7 Å². The minimum absolute atomic E-state index is 0.282. The Kier molecular flexibility index (Phi) is 6.64. The molecule has 0 fully saturated rings. The fourth-order valence-corrected chi connectivity index (χ4v) is 2.12. The predicted molar refractivity (Wildman–Crippen MR) is 91.5 cm³/mol. The van der Waals surface area contributed by atoms with Crippen molar-refractivity contribution in [3.63, 3.8) is 0 Å². The highest BCUT2D eigenvalue weighted by Crippen LogP contribution is 2.25. The number of carbonyl (C=O) groups excluding carboxylic acids is 2. The van der Waals surface area contributed by atoms with Crippen molar-refractivity contribution >= 4 is 17.5 Å². The van der Waals surface area contributed by atoms with Gasteiger partial charge in [0.15, 0.2) is 18.1 Å². The first-order valence-electron chi connectivity index (χ1n) is 7.79. The lowest BCUT2D eigenvalue weighted by molar-refractivity contribution is -0.173. The van der Waals surface area contributed by atoms with E-state index in [1.165, 1.54) is 19.2 Å². The summed E-state index contributed by atoms with van der Waals surface area (Å²) in [5.74, 6) is -1.61. The Balaban J connectivity index is 1.89. The van der Waals surface area contributed by atoms with Gasteiger partial charge in [0.25, 0.3) is 5.91 Å². The van der Waals surface area contributed by atoms with Crippen molar-refractivity contribution in [2.24, 2.45) is 0 Å². The number of rotatable bonds is 7. The van der Waals surface area contributed by atoms with Crippen LogP contribution in [0, 0.1) is 0 Å². The number of halogens is 3. The molecule has 9 heteroatoms. The second-order valence-electron chi connectivity index (χ2n) is 5.37. The molecule has 0 saturated carbocycles. The molecule has 2 amide bonds. The van der Waals surface area contributed by atoms with Crippen molar-refractivity contribution in [3.8, 4) is 11.5 Å². The SMILES string of the molecule is COc1ccccc1OCC(=O)Nc1cccc(CNC(=O)C(F)(F)F)c1. The van der Waals surface area contributed by atoms with Crippen LogP contribution in [0.2, 0.25) is 0 Å². The first kappa shape index (κ1) is 20.1. The second kappa shape index (κ2) is 8.93. The van der Waals surface area contributed by atoms with Gasteiger partial charge < -0.3 is 20.1 Å². The zero-order valence-corrected chi connectivity index (χ0v) is 14.3. The van der Waals surface area contributed by atoms with Crippen molar-refractivity contribution in [3.05, 3.63) is 54.1 Å². The summed E-state index contributed by atoms with van der Waals surface area (Å²) in [6, 6.07) is 12.9. The highest BCUT2D eigenvalue weighted by Gasteiger charge is 2.38. The van der Waals surface area contributed by atoms with E-state index >= 15 is 0 Å². The lowest BCUT2D eigenvalue weighted by atomic mass is 10.2. The van der Waals surface area contributed by atoms with Crippen molar-refractivity contribution in [2.75, 3.05) is 19.0 Å². The van der Waals surface area contributed by atoms with Gasteiger partial charge in [-0.25, -0.2) is 0 Å². The monoisotopic (exact) mass is 382 g/mol. The van der Waals surface area contributed by atoms with Gasteiger partial charge in [-0.3, -0.25) is 9.59 Å². The van der Waals surface area contributed by atoms with E-state index in [1.807, 2.05) is 0 Å². The van der Waals surface area contributed by atoms with Crippen LogP contribution in [0.25, 0.3) is 0 Å². The molecule has 2 aromatic rings. The third-order valence-corrected chi connectivity index (χ3v) is 3.35. The van der Waals surface area contributed by atoms with Crippen LogP contribution in [0.5, 0.6) is 11.5 Å². The van der Waals surface area contributed by atoms with Crippen LogP contribution in [-0.2, 0) is 16.1 Å². The standard InChI is InChI=1S/C18H17F3N2O4/c1-26-14-7-2-3-8-15(14)27-11-16(24)23-13-6-4-5-12(9-13)10-22-17(25)18(19,20)21/h2-9H,10-11H2,1H3,(H,22,25)(H,23,24). The number of amides is 2. The van der Waals surface area contributed by atoms with E-state index in [4.69, 9.17) is 9.47 Å². The van der Waals surface area contributed by atoms with E-state index in [1.54, 1.807) is 41.7 Å². The lowest BCUT2D eigenvalue weighted by Crippen LogP contribution is -2.36. The number of nitrogens with one attached hydrogen (secondary N) is 2. The summed E-state index contributed by atoms with van der Waals surface area (Å²) >= 11 is 0. The summed E-state index contributed by atoms with van der Waals surface area (Å²) < 4.78 is 47.1. The van der Waals surface area contributed by atoms with Gasteiger partial charge in [-0.15, -0.1) is 0 Å². The number of carbonyl (C=O) groups is 2. The van der Waals surface area contributed by atoms with Crippen molar-refractivity contribution in [1.29, 1.82) is 0 Å². The highest BCUT2D eigenvalue weighted by atomic mass is 19.4. The maximum absolute atomic E-state index is 12.2. The molecule has 0 aliphatic heterocycles. The van der Waals surface area contributed by atoms with E-state index in [9.17, 15) is 22.8 Å². The smallest absolute Gasteiger partial charge is 0.471 e. The molecule has 27 heavy (non-hydrogen) atoms. The molecule has 0 atom stereocenters. The van der Waals surface area contributed by atoms with Crippen molar-refractivity contribution in [1.82, 2.24) is 5.32 Å². The number of ether oxygens (including phenoxy) is 2. The Morgan fingerprint density at radius 2 is 1.74 bits per heavy atom. The van der Waals surface area contributed by atoms with Crippen LogP contribution < -0.4 is 20.1 Å². The van der Waals surface area contributed by atoms with Gasteiger partial charge in [0.1, 0.15) is 0 Å². The van der Waals surface area contributed by atoms with Gasteiger partial charge in [-0.05, 0) is 29.8 Å². The van der Waals surface area contributed by atoms with E-state index in [0.29, 0.717) is 22.7 Å². The zero-order chi connectivity index (χ0) is 19.9. The summed E-state index contributed by atoms with van der Waals surface area (Å²) in [5.41, 5.74) is 0.762. The Bertz CT molecular complexity index is 809. The van der Waals surface area contributed by atoms with Crippen LogP contribution in [0.4, 0.5) is 18.9 Å². The molecule has 0 aliphatic rings. The molecule has 144 valence electrons. The van der Waals surface area contributed by atoms with E-state index < -0.39 is 18.0 Å². The number of benzene rings is 2. The number of para-hydroxylation sites is 2. The van der Waals surface area contributed by atoms with E-state index in [-0.39, 0.29) is 13.2 Å². The predicted octanol–water partition coefficient (Wildman–Crippen LogP) is 2.89. The van der Waals surface area contributed by atoms with Gasteiger partial charge >= 0.3 is 12.1 Å². The first-order chi connectivity index (χ1) is 12.8. The lowest BCUT2D eigenvalue weighted by Gasteiger charge is -2.11. The molecule has 0 radical (unpaired) electrons. The largest absolute Gasteiger partial charge is 0.493 e. The molecule has 0 heterocycles. The molecule has 2 N–H and O–H groups in total. The molecule has 6 nitrogen and oxygen atoms in total. The normalized spacial score (nSPS) is 10.8. The van der Waals surface area contributed by atoms with Crippen LogP contribution in [-0.4, -0.2) is 31.7 Å². The quantitative estimate of drug-likeness (QED) is 0.772. The van der Waals surface area contributed by atoms with E-state index in [2.05, 4.69) is 5.32 Å². The molecule has 2 aromatic carbocycles. The molecular weight excluding hydrogens is 365 g/mol. The average Bonchev–Trinajstić information content (AvgIpc) is 2.64. The maximum Gasteiger partial charge on any atom is 0.471 e. The Morgan fingerprint density at radius 3 is 2.41 bits per heavy atom. The highest BCUT2D eigenvalue weighted by molar-refractivity contribution is 5.92. The van der Waals surface area contributed by atoms with Gasteiger partial charge in [-0.2, -0.15) is 13.2 Å². The molecule has 0 aliphatic carbocycles. The number of hydrogen-bond donors (Lipinski definition) is 2. The van der Waals surface area contributed by atoms with Crippen molar-refractivity contribution < 1.29 is 32.2 Å². The average molecular weight is 382 g/mol. The fraction of sp³-hybridized carbons (Fsp3) is 0.222. The number of hydrogen-bond acceptors (Lipinski definition) is 4. The Labute approximate surface area is 153 Å². The van der Waals surface area contributed by atoms with Gasteiger partial charge in [0.2, 0.25) is 0 Å². The maximum atomic E-state index is 12.2. The molecule has 0 unspecified atom stereocenters. The summed E-state index contributed by atoms with van der Waals surface area (Å²) in [7, 11) is 1.48. The molecular formula is C18H17F3N2O4. The molecule has 2 rings (SSSR count). The zero-order valence-electron chi connectivity index (χ0n) is 14.3. The number of anilines is 1. The molecule has 0 bridgehead atoms. The summed E-state index contributed by atoms with van der Waals surface area (Å²) in [6.07, 6.45) is -4.94. The molecule has 0 saturated heterocycles. The minimum Gasteiger partial charge on any atom is -0.493 e. The molecule has 0 aromatic heterocycles. The Hall–Kier alpha value is -3.23. The van der Waals surface area contributed by atoms with Crippen LogP contribution >= 0.6 is 0 Å². The summed E-state index contributed by atoms with van der Waals surface area (Å²) in [4.78, 5) is 22.8. The first-order valence-corrected chi connectivity index (χ1v) is 7.79. The Morgan fingerprint density at radius 1 is 1.04 bits per heavy atom. The summed E-state index contributed by atoms with van der Waals surface area (Å²) in [5, 5.41) is 4.33.